The minimum absolute atomic E-state index is 0. The fourth-order valence-corrected chi connectivity index (χ4v) is 4.34. The van der Waals surface area contributed by atoms with Crippen molar-refractivity contribution in [2.45, 2.75) is 12.8 Å². The number of ether oxygens (including phenoxy) is 4. The van der Waals surface area contributed by atoms with Crippen molar-refractivity contribution >= 4 is 37.2 Å². The number of hydrogen-bond acceptors (Lipinski definition) is 26. The van der Waals surface area contributed by atoms with Gasteiger partial charge in [-0.2, -0.15) is 0 Å². The average molecular weight is 1430 g/mol. The molecular formula is C42H48Dy2N6Ni2O22-2. The molecule has 2 radical (unpaired) electrons. The van der Waals surface area contributed by atoms with Gasteiger partial charge < -0.3 is 110 Å². The number of aliphatic hydroxyl groups excluding tert-OH is 2. The Hall–Kier alpha value is -5.65. The monoisotopic (exact) mass is 1430 g/mol. The maximum atomic E-state index is 11.9. The maximum Gasteiger partial charge on any atom is 3.00 e. The Balaban J connectivity index is -0.000000139. The number of para-hydroxylation sites is 4. The van der Waals surface area contributed by atoms with Gasteiger partial charge in [0, 0.05) is 103 Å². The van der Waals surface area contributed by atoms with E-state index in [2.05, 4.69) is 20.0 Å². The molecule has 420 valence electrons. The molecule has 0 atom stereocenters. The summed E-state index contributed by atoms with van der Waals surface area (Å²) < 4.78 is 19.9. The fraction of sp³-hybridized carbons (Fsp3) is 0.286. The number of rotatable bonds is 16. The molecular weight excluding hydrogens is 1380 g/mol. The van der Waals surface area contributed by atoms with Gasteiger partial charge in [-0.1, -0.05) is 71.5 Å². The van der Waals surface area contributed by atoms with Gasteiger partial charge >= 0.3 is 71.2 Å². The minimum atomic E-state index is -2.33. The van der Waals surface area contributed by atoms with E-state index >= 15 is 0 Å². The Morgan fingerprint density at radius 3 is 0.757 bits per heavy atom. The summed E-state index contributed by atoms with van der Waals surface area (Å²) in [6, 6.07) is 20.3. The zero-order valence-electron chi connectivity index (χ0n) is 39.5. The second-order valence-electron chi connectivity index (χ2n) is 11.3. The average Bonchev–Trinajstić information content (AvgIpc) is 3.31. The summed E-state index contributed by atoms with van der Waals surface area (Å²) in [5.41, 5.74) is 1.98. The Morgan fingerprint density at radius 1 is 0.473 bits per heavy atom. The fourth-order valence-electron chi connectivity index (χ4n) is 4.34. The van der Waals surface area contributed by atoms with E-state index in [0.29, 0.717) is 84.3 Å². The van der Waals surface area contributed by atoms with E-state index < -0.39 is 22.5 Å². The van der Waals surface area contributed by atoms with Crippen LogP contribution in [0, 0.1) is 107 Å². The van der Waals surface area contributed by atoms with Crippen molar-refractivity contribution in [2.75, 3.05) is 68.8 Å². The molecule has 0 heterocycles. The summed E-state index contributed by atoms with van der Waals surface area (Å²) in [4.78, 5) is 50.1. The van der Waals surface area contributed by atoms with Crippen molar-refractivity contribution in [1.82, 2.24) is 0 Å². The number of benzene rings is 4. The predicted molar refractivity (Wildman–Crippen MR) is 237 cm³/mol. The van der Waals surface area contributed by atoms with Gasteiger partial charge in [0.2, 0.25) is 0 Å². The molecule has 0 aliphatic carbocycles. The van der Waals surface area contributed by atoms with E-state index in [1.54, 1.807) is 97.7 Å². The molecule has 74 heavy (non-hydrogen) atoms. The van der Waals surface area contributed by atoms with Gasteiger partial charge in [0.05, 0.1) is 38.6 Å². The molecule has 0 aromatic heterocycles. The molecule has 0 unspecified atom stereocenters. The molecule has 0 bridgehead atoms. The van der Waals surface area contributed by atoms with Crippen LogP contribution in [0.3, 0.4) is 0 Å². The number of nitrogens with zero attached hydrogens (tertiary/aromatic N) is 6. The number of methoxy groups -OCH3 is 4. The number of aliphatic hydroxyl groups is 2. The van der Waals surface area contributed by atoms with Crippen LogP contribution in [-0.4, -0.2) is 126 Å². The molecule has 2 N–H and O–H groups in total. The molecule has 4 aromatic rings. The van der Waals surface area contributed by atoms with Crippen molar-refractivity contribution < 1.29 is 199 Å². The second-order valence-corrected chi connectivity index (χ2v) is 11.3. The van der Waals surface area contributed by atoms with Crippen LogP contribution in [0.15, 0.2) is 92.8 Å². The van der Waals surface area contributed by atoms with Crippen LogP contribution in [0.4, 0.5) is 9.59 Å². The Kier molecular flexibility index (Phi) is 65.2. The van der Waals surface area contributed by atoms with Gasteiger partial charge in [-0.25, -0.2) is 0 Å². The first-order chi connectivity index (χ1) is 33.3. The van der Waals surface area contributed by atoms with E-state index in [9.17, 15) is 20.4 Å². The summed E-state index contributed by atoms with van der Waals surface area (Å²) in [6.45, 7) is 2.15. The van der Waals surface area contributed by atoms with Crippen LogP contribution in [-0.2, 0) is 33.0 Å². The third kappa shape index (κ3) is 46.2. The molecule has 0 saturated carbocycles. The van der Waals surface area contributed by atoms with Gasteiger partial charge in [-0.15, -0.1) is 0 Å². The predicted octanol–water partition coefficient (Wildman–Crippen LogP) is -2.60. The van der Waals surface area contributed by atoms with Crippen LogP contribution < -0.4 is 59.8 Å². The van der Waals surface area contributed by atoms with Crippen LogP contribution in [0.2, 0.25) is 0 Å². The zero-order chi connectivity index (χ0) is 54.5. The van der Waals surface area contributed by atoms with Crippen LogP contribution in [0.25, 0.3) is 0 Å². The largest absolute Gasteiger partial charge is 3.00 e. The summed E-state index contributed by atoms with van der Waals surface area (Å²) in [7, 11) is 7.85. The summed E-state index contributed by atoms with van der Waals surface area (Å²) in [6.07, 6.45) is 2.95. The molecule has 28 nitrogen and oxygen atoms in total. The Bertz CT molecular complexity index is 1910. The van der Waals surface area contributed by atoms with Crippen molar-refractivity contribution in [3.8, 4) is 46.0 Å². The molecule has 0 aliphatic heterocycles. The molecule has 0 fully saturated rings. The zero-order valence-corrected chi connectivity index (χ0v) is 45.5. The van der Waals surface area contributed by atoms with Crippen molar-refractivity contribution in [1.29, 1.82) is 0 Å². The maximum absolute atomic E-state index is 11.9. The number of aliphatic imine (C=N–C) groups is 4. The van der Waals surface area contributed by atoms with Crippen LogP contribution in [0.1, 0.15) is 35.1 Å². The summed E-state index contributed by atoms with van der Waals surface area (Å²) >= 11 is 0. The van der Waals surface area contributed by atoms with Gasteiger partial charge in [0.1, 0.15) is 23.0 Å². The first-order valence-electron chi connectivity index (χ1n) is 18.9. The van der Waals surface area contributed by atoms with Gasteiger partial charge in [-0.3, -0.25) is 20.0 Å². The third-order valence-corrected chi connectivity index (χ3v) is 6.99. The summed E-state index contributed by atoms with van der Waals surface area (Å²) in [5.74, 6) is 0.530. The van der Waals surface area contributed by atoms with Crippen molar-refractivity contribution in [3.63, 3.8) is 0 Å². The van der Waals surface area contributed by atoms with Crippen molar-refractivity contribution in [3.05, 3.63) is 126 Å². The van der Waals surface area contributed by atoms with E-state index in [1.165, 1.54) is 28.4 Å². The third-order valence-electron chi connectivity index (χ3n) is 6.99. The van der Waals surface area contributed by atoms with E-state index in [-0.39, 0.29) is 132 Å². The molecule has 32 heteroatoms. The smallest absolute Gasteiger partial charge is 0.870 e. The quantitative estimate of drug-likeness (QED) is 0.0382. The van der Waals surface area contributed by atoms with E-state index in [1.807, 2.05) is 0 Å². The molecule has 4 aromatic carbocycles. The number of carbonyl (C=O) groups excluding carboxylic acids is 2. The van der Waals surface area contributed by atoms with Gasteiger partial charge in [0.25, 0.3) is 0 Å². The van der Waals surface area contributed by atoms with E-state index in [0.717, 1.165) is 14.2 Å². The van der Waals surface area contributed by atoms with Crippen LogP contribution in [0.5, 0.6) is 46.0 Å². The number of carboxylic acid groups (broad SMARTS) is 4. The molecule has 0 spiro atoms. The van der Waals surface area contributed by atoms with Gasteiger partial charge in [0.15, 0.2) is 0 Å². The first kappa shape index (κ1) is 85.1. The standard InChI is InChI=1S/2C19H22N2O4.2CH2O3.2CH4O.2Dy.2NO3.2Ni/c2*1-24-16-8-3-6-14(18(16)22)12-20-10-5-11-21-13-15-7-4-9-17(25-2)19(15)23;2*2-1(3)4;2*1-2;;;2*2-1(3)4;;/h2*3-4,6-9,12-13,22-23H,5,10-11H2,1-2H3;2*(H2,2,3,4);2*2H,1H3;;;;;;/q;;;;;;;+3;2*-1;+2;+3/p-8. The normalized spacial score (nSPS) is 9.08. The summed E-state index contributed by atoms with van der Waals surface area (Å²) in [5, 5.41) is 125. The van der Waals surface area contributed by atoms with Crippen LogP contribution >= 0.6 is 0 Å². The molecule has 0 aliphatic rings. The molecule has 4 rings (SSSR count). The van der Waals surface area contributed by atoms with E-state index in [4.69, 9.17) is 89.8 Å². The SMILES string of the molecule is CO.CO.COc1cccc(C=NCCCN=Cc2cccc(OC)c2[O-])c1[O-].COc1cccc(C=NCCCN=Cc2cccc(OC)c2[O-])c1[O-].O=C([O-])[O-].O=C([O-])[O-].O=[N+]([O-])[O-].O=[N+]([O-])[O-].[Dy+3].[Dy].[Ni+2].[Ni+3]. The Labute approximate surface area is 504 Å². The van der Waals surface area contributed by atoms with Gasteiger partial charge in [-0.05, 0) is 71.7 Å². The number of carbonyl (C=O) groups is 2. The Morgan fingerprint density at radius 2 is 0.622 bits per heavy atom. The minimum Gasteiger partial charge on any atom is -0.870 e. The first-order valence-corrected chi connectivity index (χ1v) is 18.9. The number of hydrogen-bond donors (Lipinski definition) is 2. The second kappa shape index (κ2) is 56.6. The van der Waals surface area contributed by atoms with Crippen molar-refractivity contribution in [2.24, 2.45) is 20.0 Å². The molecule has 0 amide bonds. The molecule has 0 saturated heterocycles. The topological polar surface area (TPSA) is 478 Å².